The number of aliphatic carboxylic acids is 1. The van der Waals surface area contributed by atoms with Crippen LogP contribution >= 0.6 is 0 Å². The molecule has 2 aromatic rings. The number of ether oxygens (including phenoxy) is 4. The zero-order valence-corrected chi connectivity index (χ0v) is 19.4. The van der Waals surface area contributed by atoms with Crippen molar-refractivity contribution >= 4 is 23.8 Å². The number of esters is 2. The monoisotopic (exact) mass is 501 g/mol. The molecule has 192 valence electrons. The summed E-state index contributed by atoms with van der Waals surface area (Å²) in [6.45, 7) is 0.879. The molecule has 0 fully saturated rings. The summed E-state index contributed by atoms with van der Waals surface area (Å²) in [5.74, 6) is -3.97. The van der Waals surface area contributed by atoms with Crippen LogP contribution < -0.4 is 31.0 Å². The SMILES string of the molecule is CC(C(N)=O)C(NC(Cc1ccc2c(c1)OCO2)C(=O)O)[C@H](N)C(=O)OC(=O)COc1ccccc1. The lowest BCUT2D eigenvalue weighted by atomic mass is 9.92. The number of carbonyl (C=O) groups excluding carboxylic acids is 3. The van der Waals surface area contributed by atoms with Gasteiger partial charge in [0.15, 0.2) is 18.1 Å². The van der Waals surface area contributed by atoms with E-state index < -0.39 is 54.5 Å². The molecule has 12 heteroatoms. The normalized spacial score (nSPS) is 15.3. The Hall–Kier alpha value is -4.16. The fourth-order valence-electron chi connectivity index (χ4n) is 3.50. The smallest absolute Gasteiger partial charge is 0.351 e. The summed E-state index contributed by atoms with van der Waals surface area (Å²) in [7, 11) is 0. The zero-order valence-electron chi connectivity index (χ0n) is 19.4. The van der Waals surface area contributed by atoms with Gasteiger partial charge in [-0.1, -0.05) is 31.2 Å². The standard InChI is InChI=1S/C24H27N3O9/c1-13(22(26)29)21(20(25)24(32)36-19(28)11-33-15-5-3-2-4-6-15)27-16(23(30)31)9-14-7-8-17-18(10-14)35-12-34-17/h2-8,10,13,16,20-21,27H,9,11-12,25H2,1H3,(H2,26,29)(H,30,31)/t13?,16?,20-,21?/m0/s1. The fraction of sp³-hybridized carbons (Fsp3) is 0.333. The van der Waals surface area contributed by atoms with Crippen LogP contribution in [0.15, 0.2) is 48.5 Å². The molecule has 6 N–H and O–H groups in total. The van der Waals surface area contributed by atoms with Crippen LogP contribution in [0.2, 0.25) is 0 Å². The minimum absolute atomic E-state index is 0.0421. The van der Waals surface area contributed by atoms with Gasteiger partial charge in [0.25, 0.3) is 0 Å². The highest BCUT2D eigenvalue weighted by Gasteiger charge is 2.37. The third-order valence-electron chi connectivity index (χ3n) is 5.53. The highest BCUT2D eigenvalue weighted by atomic mass is 16.7. The Labute approximate surface area is 206 Å². The summed E-state index contributed by atoms with van der Waals surface area (Å²) in [6, 6.07) is 9.21. The molecule has 0 bridgehead atoms. The topological polar surface area (TPSA) is 189 Å². The number of carboxylic acids is 1. The Balaban J connectivity index is 1.67. The van der Waals surface area contributed by atoms with E-state index in [2.05, 4.69) is 5.32 Å². The lowest BCUT2D eigenvalue weighted by Crippen LogP contribution is -2.60. The number of nitrogens with two attached hydrogens (primary N) is 2. The van der Waals surface area contributed by atoms with Gasteiger partial charge in [-0.3, -0.25) is 14.9 Å². The van der Waals surface area contributed by atoms with Gasteiger partial charge in [0.2, 0.25) is 12.7 Å². The van der Waals surface area contributed by atoms with Crippen LogP contribution in [0.4, 0.5) is 0 Å². The average molecular weight is 501 g/mol. The maximum absolute atomic E-state index is 12.6. The summed E-state index contributed by atoms with van der Waals surface area (Å²) < 4.78 is 20.6. The molecule has 3 rings (SSSR count). The second-order valence-corrected chi connectivity index (χ2v) is 8.09. The van der Waals surface area contributed by atoms with Crippen LogP contribution in [-0.4, -0.2) is 60.4 Å². The number of fused-ring (bicyclic) bond motifs is 1. The molecule has 36 heavy (non-hydrogen) atoms. The molecule has 1 amide bonds. The number of hydrogen-bond donors (Lipinski definition) is 4. The van der Waals surface area contributed by atoms with Crippen LogP contribution in [0.3, 0.4) is 0 Å². The quantitative estimate of drug-likeness (QED) is 0.226. The van der Waals surface area contributed by atoms with E-state index in [-0.39, 0.29) is 13.2 Å². The minimum Gasteiger partial charge on any atom is -0.482 e. The first kappa shape index (κ1) is 26.4. The average Bonchev–Trinajstić information content (AvgIpc) is 3.32. The third-order valence-corrected chi connectivity index (χ3v) is 5.53. The highest BCUT2D eigenvalue weighted by Crippen LogP contribution is 2.32. The van der Waals surface area contributed by atoms with Crippen LogP contribution in [-0.2, 0) is 30.3 Å². The third kappa shape index (κ3) is 6.93. The van der Waals surface area contributed by atoms with Crippen molar-refractivity contribution < 1.29 is 43.2 Å². The molecule has 0 spiro atoms. The molecule has 1 heterocycles. The van der Waals surface area contributed by atoms with Gasteiger partial charge in [-0.15, -0.1) is 0 Å². The predicted molar refractivity (Wildman–Crippen MR) is 124 cm³/mol. The molecule has 0 saturated carbocycles. The van der Waals surface area contributed by atoms with E-state index in [0.717, 1.165) is 0 Å². The number of benzene rings is 2. The first-order valence-electron chi connectivity index (χ1n) is 11.0. The molecular formula is C24H27N3O9. The number of carbonyl (C=O) groups is 4. The molecule has 1 aliphatic rings. The van der Waals surface area contributed by atoms with E-state index in [1.54, 1.807) is 48.5 Å². The number of para-hydroxylation sites is 1. The summed E-state index contributed by atoms with van der Waals surface area (Å²) >= 11 is 0. The van der Waals surface area contributed by atoms with E-state index in [9.17, 15) is 24.3 Å². The number of rotatable bonds is 12. The van der Waals surface area contributed by atoms with E-state index in [1.807, 2.05) is 0 Å². The lowest BCUT2D eigenvalue weighted by molar-refractivity contribution is -0.163. The Bertz CT molecular complexity index is 1110. The van der Waals surface area contributed by atoms with Gasteiger partial charge < -0.3 is 35.5 Å². The Morgan fingerprint density at radius 3 is 2.44 bits per heavy atom. The van der Waals surface area contributed by atoms with Crippen molar-refractivity contribution in [3.8, 4) is 17.2 Å². The van der Waals surface area contributed by atoms with Crippen LogP contribution in [0.5, 0.6) is 17.2 Å². The summed E-state index contributed by atoms with van der Waals surface area (Å²) in [6.07, 6.45) is -0.0421. The van der Waals surface area contributed by atoms with Crippen molar-refractivity contribution in [2.24, 2.45) is 17.4 Å². The Morgan fingerprint density at radius 2 is 1.78 bits per heavy atom. The van der Waals surface area contributed by atoms with Crippen LogP contribution in [0, 0.1) is 5.92 Å². The Morgan fingerprint density at radius 1 is 1.08 bits per heavy atom. The first-order chi connectivity index (χ1) is 17.2. The minimum atomic E-state index is -1.59. The van der Waals surface area contributed by atoms with Crippen molar-refractivity contribution in [3.05, 3.63) is 54.1 Å². The first-order valence-corrected chi connectivity index (χ1v) is 11.0. The van der Waals surface area contributed by atoms with Gasteiger partial charge in [0.1, 0.15) is 17.8 Å². The zero-order chi connectivity index (χ0) is 26.2. The molecular weight excluding hydrogens is 474 g/mol. The highest BCUT2D eigenvalue weighted by molar-refractivity contribution is 5.90. The van der Waals surface area contributed by atoms with Gasteiger partial charge in [-0.25, -0.2) is 9.59 Å². The van der Waals surface area contributed by atoms with Crippen molar-refractivity contribution in [2.45, 2.75) is 31.5 Å². The van der Waals surface area contributed by atoms with E-state index in [1.165, 1.54) is 6.92 Å². The van der Waals surface area contributed by atoms with Gasteiger partial charge in [0, 0.05) is 6.04 Å². The number of carboxylic acid groups (broad SMARTS) is 1. The molecule has 0 saturated heterocycles. The molecule has 3 unspecified atom stereocenters. The molecule has 1 aliphatic heterocycles. The lowest BCUT2D eigenvalue weighted by Gasteiger charge is -2.30. The van der Waals surface area contributed by atoms with Crippen LogP contribution in [0.25, 0.3) is 0 Å². The maximum Gasteiger partial charge on any atom is 0.351 e. The van der Waals surface area contributed by atoms with Crippen molar-refractivity contribution in [3.63, 3.8) is 0 Å². The number of nitrogens with one attached hydrogen (secondary N) is 1. The van der Waals surface area contributed by atoms with E-state index in [0.29, 0.717) is 22.8 Å². The van der Waals surface area contributed by atoms with Crippen molar-refractivity contribution in [1.29, 1.82) is 0 Å². The fourth-order valence-corrected chi connectivity index (χ4v) is 3.50. The maximum atomic E-state index is 12.6. The van der Waals surface area contributed by atoms with Crippen molar-refractivity contribution in [2.75, 3.05) is 13.4 Å². The molecule has 0 radical (unpaired) electrons. The summed E-state index contributed by atoms with van der Waals surface area (Å²) in [5, 5.41) is 12.5. The van der Waals surface area contributed by atoms with Crippen LogP contribution in [0.1, 0.15) is 12.5 Å². The molecule has 4 atom stereocenters. The van der Waals surface area contributed by atoms with Crippen molar-refractivity contribution in [1.82, 2.24) is 5.32 Å². The van der Waals surface area contributed by atoms with E-state index in [4.69, 9.17) is 30.4 Å². The van der Waals surface area contributed by atoms with E-state index >= 15 is 0 Å². The second-order valence-electron chi connectivity index (χ2n) is 8.09. The largest absolute Gasteiger partial charge is 0.482 e. The molecule has 12 nitrogen and oxygen atoms in total. The van der Waals surface area contributed by atoms with Gasteiger partial charge in [-0.2, -0.15) is 0 Å². The second kappa shape index (κ2) is 12.0. The number of primary amides is 1. The predicted octanol–water partition coefficient (Wildman–Crippen LogP) is -0.0333. The molecule has 2 aromatic carbocycles. The molecule has 0 aliphatic carbocycles. The number of amides is 1. The molecule has 0 aromatic heterocycles. The summed E-state index contributed by atoms with van der Waals surface area (Å²) in [5.41, 5.74) is 12.0. The summed E-state index contributed by atoms with van der Waals surface area (Å²) in [4.78, 5) is 48.5. The van der Waals surface area contributed by atoms with Gasteiger partial charge >= 0.3 is 17.9 Å². The van der Waals surface area contributed by atoms with Gasteiger partial charge in [0.05, 0.1) is 5.92 Å². The number of hydrogen-bond acceptors (Lipinski definition) is 10. The van der Waals surface area contributed by atoms with Gasteiger partial charge in [-0.05, 0) is 36.2 Å². The Kier molecular flexibility index (Phi) is 8.81.